The molecule has 0 aromatic heterocycles. The lowest BCUT2D eigenvalue weighted by Gasteiger charge is -2.26. The summed E-state index contributed by atoms with van der Waals surface area (Å²) in [6.45, 7) is 4.38. The summed E-state index contributed by atoms with van der Waals surface area (Å²) >= 11 is 1.37. The highest BCUT2D eigenvalue weighted by Gasteiger charge is 2.35. The van der Waals surface area contributed by atoms with Crippen molar-refractivity contribution >= 4 is 29.7 Å². The number of amides is 2. The van der Waals surface area contributed by atoms with Gasteiger partial charge in [0, 0.05) is 24.8 Å². The molecule has 2 aromatic carbocycles. The normalized spacial score (nSPS) is 12.5. The number of hydrogen-bond donors (Lipinski definition) is 3. The Morgan fingerprint density at radius 1 is 0.971 bits per heavy atom. The number of ether oxygens (including phenoxy) is 1. The Balaban J connectivity index is 1.36. The van der Waals surface area contributed by atoms with Crippen LogP contribution in [0.15, 0.2) is 48.5 Å². The predicted octanol–water partition coefficient (Wildman–Crippen LogP) is 4.27. The number of benzene rings is 2. The maximum absolute atomic E-state index is 12.2. The average molecular weight is 485 g/mol. The number of thioether (sulfide) groups is 1. The first-order valence-corrected chi connectivity index (χ1v) is 12.7. The molecular weight excluding hydrogens is 452 g/mol. The molecule has 7 nitrogen and oxygen atoms in total. The van der Waals surface area contributed by atoms with Crippen LogP contribution in [-0.4, -0.2) is 54.3 Å². The molecule has 0 saturated heterocycles. The number of alkyl carbamates (subject to hydrolysis) is 1. The van der Waals surface area contributed by atoms with E-state index in [1.165, 1.54) is 22.9 Å². The highest BCUT2D eigenvalue weighted by molar-refractivity contribution is 7.99. The number of hydrogen-bond acceptors (Lipinski definition) is 5. The molecule has 0 spiro atoms. The fraction of sp³-hybridized carbons (Fsp3) is 0.423. The molecule has 0 aliphatic heterocycles. The molecule has 0 unspecified atom stereocenters. The van der Waals surface area contributed by atoms with Crippen LogP contribution >= 0.6 is 11.8 Å². The highest BCUT2D eigenvalue weighted by atomic mass is 32.2. The van der Waals surface area contributed by atoms with E-state index in [4.69, 9.17) is 4.74 Å². The summed E-state index contributed by atoms with van der Waals surface area (Å²) in [5.74, 6) is -0.338. The third kappa shape index (κ3) is 5.91. The SMILES string of the molecule is CCC(CC)(CNC(=O)CSCCNC(=O)OCC1c2ccccc2-c2ccccc21)C(=O)O. The number of carbonyl (C=O) groups excluding carboxylic acids is 2. The summed E-state index contributed by atoms with van der Waals surface area (Å²) in [7, 11) is 0. The van der Waals surface area contributed by atoms with Crippen molar-refractivity contribution in [1.82, 2.24) is 10.6 Å². The van der Waals surface area contributed by atoms with Gasteiger partial charge in [0.2, 0.25) is 5.91 Å². The minimum absolute atomic E-state index is 0.0142. The number of carboxylic acids is 1. The van der Waals surface area contributed by atoms with Crippen LogP contribution in [0.4, 0.5) is 4.79 Å². The van der Waals surface area contributed by atoms with Gasteiger partial charge in [-0.1, -0.05) is 62.4 Å². The molecule has 3 N–H and O–H groups in total. The molecule has 34 heavy (non-hydrogen) atoms. The van der Waals surface area contributed by atoms with Gasteiger partial charge < -0.3 is 20.5 Å². The summed E-state index contributed by atoms with van der Waals surface area (Å²) in [6.07, 6.45) is 0.427. The standard InChI is InChI=1S/C26H32N2O5S/c1-3-26(4-2,24(30)31)17-28-23(29)16-34-14-13-27-25(32)33-15-22-20-11-7-5-9-18(20)19-10-6-8-12-21(19)22/h5-12,22H,3-4,13-17H2,1-2H3,(H,27,32)(H,28,29)(H,30,31). The van der Waals surface area contributed by atoms with Crippen LogP contribution in [0.1, 0.15) is 43.7 Å². The summed E-state index contributed by atoms with van der Waals surface area (Å²) in [5, 5.41) is 14.9. The van der Waals surface area contributed by atoms with Crippen molar-refractivity contribution in [1.29, 1.82) is 0 Å². The Bertz CT molecular complexity index is 976. The van der Waals surface area contributed by atoms with E-state index in [1.807, 2.05) is 38.1 Å². The van der Waals surface area contributed by atoms with Crippen molar-refractivity contribution in [3.8, 4) is 11.1 Å². The zero-order chi connectivity index (χ0) is 24.6. The largest absolute Gasteiger partial charge is 0.481 e. The molecular formula is C26H32N2O5S. The second kappa shape index (κ2) is 11.9. The fourth-order valence-electron chi connectivity index (χ4n) is 4.24. The molecule has 1 aliphatic rings. The van der Waals surface area contributed by atoms with Crippen LogP contribution in [0.3, 0.4) is 0 Å². The Kier molecular flexibility index (Phi) is 8.98. The Labute approximate surface area is 204 Å². The molecule has 0 bridgehead atoms. The van der Waals surface area contributed by atoms with Crippen LogP contribution in [0.5, 0.6) is 0 Å². The van der Waals surface area contributed by atoms with Crippen molar-refractivity contribution in [2.75, 3.05) is 31.2 Å². The van der Waals surface area contributed by atoms with Crippen molar-refractivity contribution in [2.24, 2.45) is 5.41 Å². The van der Waals surface area contributed by atoms with Gasteiger partial charge in [0.1, 0.15) is 6.61 Å². The van der Waals surface area contributed by atoms with Gasteiger partial charge >= 0.3 is 12.1 Å². The second-order valence-electron chi connectivity index (χ2n) is 8.37. The maximum atomic E-state index is 12.2. The first kappa shape index (κ1) is 25.6. The van der Waals surface area contributed by atoms with Crippen LogP contribution in [0, 0.1) is 5.41 Å². The molecule has 0 atom stereocenters. The minimum atomic E-state index is -0.925. The number of carboxylic acid groups (broad SMARTS) is 1. The van der Waals surface area contributed by atoms with Crippen LogP contribution in [0.2, 0.25) is 0 Å². The van der Waals surface area contributed by atoms with E-state index >= 15 is 0 Å². The maximum Gasteiger partial charge on any atom is 0.407 e. The van der Waals surface area contributed by atoms with Crippen LogP contribution in [-0.2, 0) is 14.3 Å². The molecule has 3 rings (SSSR count). The highest BCUT2D eigenvalue weighted by Crippen LogP contribution is 2.44. The molecule has 0 fully saturated rings. The third-order valence-electron chi connectivity index (χ3n) is 6.52. The molecule has 2 amide bonds. The van der Waals surface area contributed by atoms with Gasteiger partial charge in [-0.15, -0.1) is 0 Å². The number of aliphatic carboxylic acids is 1. The minimum Gasteiger partial charge on any atom is -0.481 e. The molecule has 0 heterocycles. The molecule has 0 radical (unpaired) electrons. The lowest BCUT2D eigenvalue weighted by Crippen LogP contribution is -2.43. The van der Waals surface area contributed by atoms with E-state index < -0.39 is 17.5 Å². The average Bonchev–Trinajstić information content (AvgIpc) is 3.17. The van der Waals surface area contributed by atoms with Crippen molar-refractivity contribution in [3.05, 3.63) is 59.7 Å². The molecule has 182 valence electrons. The summed E-state index contributed by atoms with van der Waals surface area (Å²) in [4.78, 5) is 35.8. The summed E-state index contributed by atoms with van der Waals surface area (Å²) in [6, 6.07) is 16.4. The molecule has 8 heteroatoms. The van der Waals surface area contributed by atoms with Gasteiger partial charge in [0.15, 0.2) is 0 Å². The van der Waals surface area contributed by atoms with Gasteiger partial charge in [-0.25, -0.2) is 4.79 Å². The lowest BCUT2D eigenvalue weighted by molar-refractivity contribution is -0.149. The van der Waals surface area contributed by atoms with Gasteiger partial charge in [-0.2, -0.15) is 11.8 Å². The van der Waals surface area contributed by atoms with Crippen molar-refractivity contribution in [3.63, 3.8) is 0 Å². The monoisotopic (exact) mass is 484 g/mol. The van der Waals surface area contributed by atoms with Gasteiger partial charge in [-0.05, 0) is 35.1 Å². The zero-order valence-electron chi connectivity index (χ0n) is 19.6. The van der Waals surface area contributed by atoms with E-state index in [2.05, 4.69) is 34.9 Å². The smallest absolute Gasteiger partial charge is 0.407 e. The fourth-order valence-corrected chi connectivity index (χ4v) is 4.91. The van der Waals surface area contributed by atoms with E-state index in [0.29, 0.717) is 25.1 Å². The third-order valence-corrected chi connectivity index (χ3v) is 7.48. The number of nitrogens with one attached hydrogen (secondary N) is 2. The van der Waals surface area contributed by atoms with E-state index in [-0.39, 0.29) is 30.7 Å². The first-order valence-electron chi connectivity index (χ1n) is 11.6. The van der Waals surface area contributed by atoms with Crippen molar-refractivity contribution < 1.29 is 24.2 Å². The summed E-state index contributed by atoms with van der Waals surface area (Å²) in [5.41, 5.74) is 3.76. The number of rotatable bonds is 12. The first-order chi connectivity index (χ1) is 16.4. The van der Waals surface area contributed by atoms with Gasteiger partial charge in [-0.3, -0.25) is 9.59 Å². The van der Waals surface area contributed by atoms with E-state index in [0.717, 1.165) is 11.1 Å². The molecule has 0 saturated carbocycles. The van der Waals surface area contributed by atoms with E-state index in [9.17, 15) is 19.5 Å². The second-order valence-corrected chi connectivity index (χ2v) is 9.48. The molecule has 2 aromatic rings. The van der Waals surface area contributed by atoms with Crippen LogP contribution < -0.4 is 10.6 Å². The predicted molar refractivity (Wildman–Crippen MR) is 134 cm³/mol. The number of carbonyl (C=O) groups is 3. The van der Waals surface area contributed by atoms with Gasteiger partial charge in [0.05, 0.1) is 11.2 Å². The number of fused-ring (bicyclic) bond motifs is 3. The summed E-state index contributed by atoms with van der Waals surface area (Å²) < 4.78 is 5.50. The van der Waals surface area contributed by atoms with E-state index in [1.54, 1.807) is 0 Å². The van der Waals surface area contributed by atoms with Crippen molar-refractivity contribution in [2.45, 2.75) is 32.6 Å². The topological polar surface area (TPSA) is 105 Å². The quantitative estimate of drug-likeness (QED) is 0.389. The molecule has 1 aliphatic carbocycles. The van der Waals surface area contributed by atoms with Crippen LogP contribution in [0.25, 0.3) is 11.1 Å². The Morgan fingerprint density at radius 2 is 1.56 bits per heavy atom. The zero-order valence-corrected chi connectivity index (χ0v) is 20.5. The Morgan fingerprint density at radius 3 is 2.12 bits per heavy atom. The Hall–Kier alpha value is -3.00. The van der Waals surface area contributed by atoms with Gasteiger partial charge in [0.25, 0.3) is 0 Å². The lowest BCUT2D eigenvalue weighted by atomic mass is 9.82.